The first-order chi connectivity index (χ1) is 10.6. The van der Waals surface area contributed by atoms with Crippen LogP contribution in [-0.2, 0) is 21.5 Å². The number of hydrogen-bond acceptors (Lipinski definition) is 5. The number of fused-ring (bicyclic) bond motifs is 1. The van der Waals surface area contributed by atoms with Crippen molar-refractivity contribution in [1.29, 1.82) is 0 Å². The number of ether oxygens (including phenoxy) is 1. The van der Waals surface area contributed by atoms with Crippen LogP contribution in [0.15, 0.2) is 17.8 Å². The summed E-state index contributed by atoms with van der Waals surface area (Å²) in [4.78, 5) is 5.25. The number of piperidine rings is 1. The first-order valence-corrected chi connectivity index (χ1v) is 9.55. The molecular formula is C13H20N4O3S2. The van der Waals surface area contributed by atoms with E-state index in [0.29, 0.717) is 19.7 Å². The van der Waals surface area contributed by atoms with Gasteiger partial charge in [-0.1, -0.05) is 0 Å². The second kappa shape index (κ2) is 6.63. The van der Waals surface area contributed by atoms with Crippen molar-refractivity contribution in [2.24, 2.45) is 5.92 Å². The average Bonchev–Trinajstić information content (AvgIpc) is 3.07. The van der Waals surface area contributed by atoms with Gasteiger partial charge < -0.3 is 4.74 Å². The molecule has 3 heterocycles. The standard InChI is InChI=1S/C13H20N4O3S2/c1-20-10-11-3-2-4-17(8-11)22(18,19)14-7-12-9-16-5-6-21-13(16)15-12/h5-6,9,11,14H,2-4,7-8,10H2,1H3. The van der Waals surface area contributed by atoms with Gasteiger partial charge in [-0.15, -0.1) is 11.3 Å². The van der Waals surface area contributed by atoms with E-state index in [0.717, 1.165) is 23.5 Å². The van der Waals surface area contributed by atoms with E-state index >= 15 is 0 Å². The molecule has 0 aliphatic carbocycles. The Labute approximate surface area is 134 Å². The lowest BCUT2D eigenvalue weighted by molar-refractivity contribution is 0.118. The van der Waals surface area contributed by atoms with Crippen molar-refractivity contribution < 1.29 is 13.2 Å². The van der Waals surface area contributed by atoms with Gasteiger partial charge in [-0.05, 0) is 18.8 Å². The highest BCUT2D eigenvalue weighted by molar-refractivity contribution is 7.87. The molecule has 0 aromatic carbocycles. The normalized spacial score (nSPS) is 20.7. The molecule has 122 valence electrons. The average molecular weight is 344 g/mol. The van der Waals surface area contributed by atoms with Crippen molar-refractivity contribution >= 4 is 26.5 Å². The summed E-state index contributed by atoms with van der Waals surface area (Å²) in [7, 11) is -1.82. The fourth-order valence-corrected chi connectivity index (χ4v) is 4.74. The van der Waals surface area contributed by atoms with Crippen molar-refractivity contribution in [1.82, 2.24) is 18.4 Å². The lowest BCUT2D eigenvalue weighted by Gasteiger charge is -2.31. The van der Waals surface area contributed by atoms with E-state index in [1.165, 1.54) is 15.6 Å². The summed E-state index contributed by atoms with van der Waals surface area (Å²) < 4.78 is 36.0. The third-order valence-corrected chi connectivity index (χ3v) is 6.09. The predicted molar refractivity (Wildman–Crippen MR) is 85.0 cm³/mol. The molecule has 1 aliphatic heterocycles. The topological polar surface area (TPSA) is 75.9 Å². The van der Waals surface area contributed by atoms with Crippen molar-refractivity contribution in [3.05, 3.63) is 23.5 Å². The highest BCUT2D eigenvalue weighted by Gasteiger charge is 2.28. The number of thiazole rings is 1. The molecule has 22 heavy (non-hydrogen) atoms. The van der Waals surface area contributed by atoms with Crippen LogP contribution in [0.1, 0.15) is 18.5 Å². The molecule has 1 fully saturated rings. The first-order valence-electron chi connectivity index (χ1n) is 7.23. The van der Waals surface area contributed by atoms with E-state index in [9.17, 15) is 8.42 Å². The summed E-state index contributed by atoms with van der Waals surface area (Å²) in [5, 5.41) is 1.94. The fraction of sp³-hybridized carbons (Fsp3) is 0.615. The lowest BCUT2D eigenvalue weighted by atomic mass is 10.0. The molecule has 2 aromatic heterocycles. The van der Waals surface area contributed by atoms with Crippen LogP contribution in [0.2, 0.25) is 0 Å². The maximum Gasteiger partial charge on any atom is 0.279 e. The molecule has 1 N–H and O–H groups in total. The molecule has 3 rings (SSSR count). The van der Waals surface area contributed by atoms with E-state index in [2.05, 4.69) is 9.71 Å². The zero-order chi connectivity index (χ0) is 15.6. The number of methoxy groups -OCH3 is 1. The molecule has 2 aromatic rings. The van der Waals surface area contributed by atoms with Crippen LogP contribution in [-0.4, -0.2) is 48.9 Å². The van der Waals surface area contributed by atoms with Gasteiger partial charge in [0.2, 0.25) is 0 Å². The summed E-state index contributed by atoms with van der Waals surface area (Å²) in [6, 6.07) is 0. The number of aromatic nitrogens is 2. The molecular weight excluding hydrogens is 324 g/mol. The van der Waals surface area contributed by atoms with Crippen molar-refractivity contribution in [2.45, 2.75) is 19.4 Å². The summed E-state index contributed by atoms with van der Waals surface area (Å²) >= 11 is 1.53. The van der Waals surface area contributed by atoms with Gasteiger partial charge in [-0.3, -0.25) is 4.40 Å². The van der Waals surface area contributed by atoms with E-state index in [1.807, 2.05) is 22.2 Å². The zero-order valence-electron chi connectivity index (χ0n) is 12.4. The largest absolute Gasteiger partial charge is 0.384 e. The third kappa shape index (κ3) is 3.49. The van der Waals surface area contributed by atoms with Crippen LogP contribution in [0, 0.1) is 5.92 Å². The summed E-state index contributed by atoms with van der Waals surface area (Å²) in [6.45, 7) is 1.89. The van der Waals surface area contributed by atoms with Crippen LogP contribution in [0.3, 0.4) is 0 Å². The quantitative estimate of drug-likeness (QED) is 0.851. The molecule has 9 heteroatoms. The van der Waals surface area contributed by atoms with Gasteiger partial charge >= 0.3 is 0 Å². The predicted octanol–water partition coefficient (Wildman–Crippen LogP) is 1.09. The van der Waals surface area contributed by atoms with Gasteiger partial charge in [-0.2, -0.15) is 17.4 Å². The van der Waals surface area contributed by atoms with E-state index in [4.69, 9.17) is 4.74 Å². The SMILES string of the molecule is COCC1CCCN(S(=O)(=O)NCc2cn3ccsc3n2)C1. The van der Waals surface area contributed by atoms with Gasteiger partial charge in [0.05, 0.1) is 18.8 Å². The maximum atomic E-state index is 12.4. The molecule has 0 radical (unpaired) electrons. The minimum absolute atomic E-state index is 0.210. The first kappa shape index (κ1) is 15.9. The van der Waals surface area contributed by atoms with Crippen LogP contribution in [0.5, 0.6) is 0 Å². The highest BCUT2D eigenvalue weighted by Crippen LogP contribution is 2.19. The number of rotatable bonds is 6. The van der Waals surface area contributed by atoms with Gasteiger partial charge in [0.25, 0.3) is 10.2 Å². The molecule has 1 saturated heterocycles. The Morgan fingerprint density at radius 2 is 2.41 bits per heavy atom. The van der Waals surface area contributed by atoms with E-state index < -0.39 is 10.2 Å². The van der Waals surface area contributed by atoms with Crippen molar-refractivity contribution in [3.63, 3.8) is 0 Å². The Morgan fingerprint density at radius 3 is 3.18 bits per heavy atom. The Bertz CT molecular complexity index is 694. The Morgan fingerprint density at radius 1 is 1.55 bits per heavy atom. The fourth-order valence-electron chi connectivity index (χ4n) is 2.73. The molecule has 0 saturated carbocycles. The van der Waals surface area contributed by atoms with Crippen LogP contribution in [0.4, 0.5) is 0 Å². The number of nitrogens with zero attached hydrogens (tertiary/aromatic N) is 3. The number of hydrogen-bond donors (Lipinski definition) is 1. The lowest BCUT2D eigenvalue weighted by Crippen LogP contribution is -2.46. The molecule has 0 bridgehead atoms. The van der Waals surface area contributed by atoms with Crippen LogP contribution in [0.25, 0.3) is 4.96 Å². The monoisotopic (exact) mass is 344 g/mol. The Kier molecular flexibility index (Phi) is 4.79. The summed E-state index contributed by atoms with van der Waals surface area (Å²) in [5.74, 6) is 0.272. The number of imidazole rings is 1. The van der Waals surface area contributed by atoms with E-state index in [1.54, 1.807) is 7.11 Å². The van der Waals surface area contributed by atoms with Gasteiger partial charge in [-0.25, -0.2) is 4.98 Å². The highest BCUT2D eigenvalue weighted by atomic mass is 32.2. The van der Waals surface area contributed by atoms with Crippen LogP contribution >= 0.6 is 11.3 Å². The molecule has 7 nitrogen and oxygen atoms in total. The van der Waals surface area contributed by atoms with Crippen LogP contribution < -0.4 is 4.72 Å². The van der Waals surface area contributed by atoms with Gasteiger partial charge in [0.15, 0.2) is 4.96 Å². The Hall–Kier alpha value is -1.00. The second-order valence-corrected chi connectivity index (χ2v) is 8.10. The molecule has 1 atom stereocenters. The van der Waals surface area contributed by atoms with Gasteiger partial charge in [0.1, 0.15) is 0 Å². The summed E-state index contributed by atoms with van der Waals surface area (Å²) in [6.07, 6.45) is 5.63. The van der Waals surface area contributed by atoms with Crippen molar-refractivity contribution in [3.8, 4) is 0 Å². The molecule has 0 amide bonds. The minimum Gasteiger partial charge on any atom is -0.384 e. The Balaban J connectivity index is 1.61. The minimum atomic E-state index is -3.47. The van der Waals surface area contributed by atoms with Gasteiger partial charge in [0, 0.05) is 38.0 Å². The maximum absolute atomic E-state index is 12.4. The van der Waals surface area contributed by atoms with Crippen molar-refractivity contribution in [2.75, 3.05) is 26.8 Å². The molecule has 0 spiro atoms. The smallest absolute Gasteiger partial charge is 0.279 e. The summed E-state index contributed by atoms with van der Waals surface area (Å²) in [5.41, 5.74) is 0.723. The van der Waals surface area contributed by atoms with E-state index in [-0.39, 0.29) is 12.5 Å². The third-order valence-electron chi connectivity index (χ3n) is 3.80. The molecule has 1 aliphatic rings. The molecule has 1 unspecified atom stereocenters. The number of nitrogens with one attached hydrogen (secondary N) is 1. The zero-order valence-corrected chi connectivity index (χ0v) is 14.1. The second-order valence-electron chi connectivity index (χ2n) is 5.47.